The molecule has 2 heterocycles. The van der Waals surface area contributed by atoms with Gasteiger partial charge in [0.1, 0.15) is 0 Å². The maximum atomic E-state index is 5.79. The average Bonchev–Trinajstić information content (AvgIpc) is 2.96. The number of hydrogen-bond acceptors (Lipinski definition) is 5. The van der Waals surface area contributed by atoms with Crippen molar-refractivity contribution in [1.82, 2.24) is 9.88 Å². The Morgan fingerprint density at radius 1 is 1.33 bits per heavy atom. The van der Waals surface area contributed by atoms with Crippen molar-refractivity contribution in [3.05, 3.63) is 23.9 Å². The summed E-state index contributed by atoms with van der Waals surface area (Å²) in [6.45, 7) is 2.34. The summed E-state index contributed by atoms with van der Waals surface area (Å²) >= 11 is 0. The van der Waals surface area contributed by atoms with Crippen molar-refractivity contribution in [2.45, 2.75) is 44.1 Å². The minimum absolute atomic E-state index is 0.274. The van der Waals surface area contributed by atoms with Crippen molar-refractivity contribution >= 4 is 0 Å². The fraction of sp³-hybridized carbons (Fsp3) is 0.688. The molecule has 1 saturated carbocycles. The molecule has 5 nitrogen and oxygen atoms in total. The lowest BCUT2D eigenvalue weighted by Gasteiger charge is -2.39. The molecule has 0 amide bonds. The van der Waals surface area contributed by atoms with Crippen LogP contribution in [-0.4, -0.2) is 49.1 Å². The summed E-state index contributed by atoms with van der Waals surface area (Å²) in [7, 11) is 3.84. The first kappa shape index (κ1) is 14.8. The molecule has 116 valence electrons. The SMILES string of the molecule is COc1ncccc1CN(C)C1CCC2(CC1)OCCO2. The third-order valence-corrected chi connectivity index (χ3v) is 4.62. The minimum atomic E-state index is -0.274. The monoisotopic (exact) mass is 292 g/mol. The molecule has 0 bridgehead atoms. The summed E-state index contributed by atoms with van der Waals surface area (Å²) in [6.07, 6.45) is 5.97. The van der Waals surface area contributed by atoms with Crippen LogP contribution in [0, 0.1) is 0 Å². The number of aromatic nitrogens is 1. The van der Waals surface area contributed by atoms with Gasteiger partial charge in [-0.15, -0.1) is 0 Å². The second kappa shape index (κ2) is 6.30. The quantitative estimate of drug-likeness (QED) is 0.851. The topological polar surface area (TPSA) is 43.8 Å². The molecule has 0 radical (unpaired) electrons. The smallest absolute Gasteiger partial charge is 0.217 e. The van der Waals surface area contributed by atoms with Gasteiger partial charge in [-0.3, -0.25) is 4.90 Å². The predicted molar refractivity (Wildman–Crippen MR) is 79.1 cm³/mol. The van der Waals surface area contributed by atoms with Crippen LogP contribution in [0.4, 0.5) is 0 Å². The van der Waals surface area contributed by atoms with Gasteiger partial charge in [-0.25, -0.2) is 4.98 Å². The number of nitrogens with zero attached hydrogens (tertiary/aromatic N) is 2. The summed E-state index contributed by atoms with van der Waals surface area (Å²) in [5, 5.41) is 0. The number of pyridine rings is 1. The van der Waals surface area contributed by atoms with Gasteiger partial charge in [-0.2, -0.15) is 0 Å². The van der Waals surface area contributed by atoms with Crippen molar-refractivity contribution in [2.24, 2.45) is 0 Å². The Labute approximate surface area is 126 Å². The Kier molecular flexibility index (Phi) is 4.42. The lowest BCUT2D eigenvalue weighted by Crippen LogP contribution is -2.42. The Morgan fingerprint density at radius 3 is 2.71 bits per heavy atom. The van der Waals surface area contributed by atoms with Crippen LogP contribution >= 0.6 is 0 Å². The largest absolute Gasteiger partial charge is 0.481 e. The lowest BCUT2D eigenvalue weighted by molar-refractivity contribution is -0.183. The number of ether oxygens (including phenoxy) is 3. The molecule has 0 aromatic carbocycles. The van der Waals surface area contributed by atoms with Gasteiger partial charge in [0.25, 0.3) is 0 Å². The van der Waals surface area contributed by atoms with Crippen LogP contribution in [0.3, 0.4) is 0 Å². The van der Waals surface area contributed by atoms with E-state index >= 15 is 0 Å². The van der Waals surface area contributed by atoms with Crippen molar-refractivity contribution in [2.75, 3.05) is 27.4 Å². The second-order valence-corrected chi connectivity index (χ2v) is 5.93. The maximum Gasteiger partial charge on any atom is 0.217 e. The zero-order valence-corrected chi connectivity index (χ0v) is 12.9. The van der Waals surface area contributed by atoms with E-state index in [9.17, 15) is 0 Å². The van der Waals surface area contributed by atoms with Crippen LogP contribution < -0.4 is 4.74 Å². The van der Waals surface area contributed by atoms with Crippen LogP contribution in [0.5, 0.6) is 5.88 Å². The number of methoxy groups -OCH3 is 1. The third-order valence-electron chi connectivity index (χ3n) is 4.62. The van der Waals surface area contributed by atoms with Gasteiger partial charge in [-0.1, -0.05) is 6.07 Å². The predicted octanol–water partition coefficient (Wildman–Crippen LogP) is 2.21. The molecule has 2 fully saturated rings. The fourth-order valence-electron chi connectivity index (χ4n) is 3.39. The Balaban J connectivity index is 1.58. The molecule has 1 aromatic heterocycles. The van der Waals surface area contributed by atoms with Gasteiger partial charge in [0.2, 0.25) is 5.88 Å². The molecule has 21 heavy (non-hydrogen) atoms. The van der Waals surface area contributed by atoms with E-state index in [4.69, 9.17) is 14.2 Å². The van der Waals surface area contributed by atoms with Crippen molar-refractivity contribution in [3.63, 3.8) is 0 Å². The van der Waals surface area contributed by atoms with E-state index in [2.05, 4.69) is 23.0 Å². The van der Waals surface area contributed by atoms with Gasteiger partial charge in [0.15, 0.2) is 5.79 Å². The number of rotatable bonds is 4. The van der Waals surface area contributed by atoms with Gasteiger partial charge >= 0.3 is 0 Å². The molecule has 0 unspecified atom stereocenters. The van der Waals surface area contributed by atoms with E-state index in [1.54, 1.807) is 13.3 Å². The van der Waals surface area contributed by atoms with Crippen LogP contribution in [-0.2, 0) is 16.0 Å². The summed E-state index contributed by atoms with van der Waals surface area (Å²) < 4.78 is 16.9. The van der Waals surface area contributed by atoms with Gasteiger partial charge in [0, 0.05) is 37.2 Å². The molecular formula is C16H24N2O3. The standard InChI is InChI=1S/C16H24N2O3/c1-18(12-13-4-3-9-17-15(13)19-2)14-5-7-16(8-6-14)20-10-11-21-16/h3-4,9,14H,5-8,10-12H2,1-2H3. The highest BCUT2D eigenvalue weighted by molar-refractivity contribution is 5.25. The molecule has 1 aliphatic heterocycles. The molecular weight excluding hydrogens is 268 g/mol. The third kappa shape index (κ3) is 3.20. The van der Waals surface area contributed by atoms with Gasteiger partial charge in [-0.05, 0) is 26.0 Å². The summed E-state index contributed by atoms with van der Waals surface area (Å²) in [5.41, 5.74) is 1.14. The highest BCUT2D eigenvalue weighted by atomic mass is 16.7. The minimum Gasteiger partial charge on any atom is -0.481 e. The number of hydrogen-bond donors (Lipinski definition) is 0. The van der Waals surface area contributed by atoms with E-state index in [1.807, 2.05) is 6.07 Å². The van der Waals surface area contributed by atoms with Crippen LogP contribution in [0.2, 0.25) is 0 Å². The van der Waals surface area contributed by atoms with Crippen LogP contribution in [0.25, 0.3) is 0 Å². The first-order valence-electron chi connectivity index (χ1n) is 7.68. The highest BCUT2D eigenvalue weighted by Gasteiger charge is 2.41. The van der Waals surface area contributed by atoms with Gasteiger partial charge < -0.3 is 14.2 Å². The summed E-state index contributed by atoms with van der Waals surface area (Å²) in [4.78, 5) is 6.65. The molecule has 1 aromatic rings. The first-order chi connectivity index (χ1) is 10.2. The molecule has 1 spiro atoms. The zero-order valence-electron chi connectivity index (χ0n) is 12.9. The molecule has 1 saturated heterocycles. The van der Waals surface area contributed by atoms with Crippen LogP contribution in [0.15, 0.2) is 18.3 Å². The van der Waals surface area contributed by atoms with Crippen molar-refractivity contribution in [1.29, 1.82) is 0 Å². The van der Waals surface area contributed by atoms with Crippen molar-refractivity contribution in [3.8, 4) is 5.88 Å². The Bertz CT molecular complexity index is 464. The molecule has 1 aliphatic carbocycles. The molecule has 0 atom stereocenters. The highest BCUT2D eigenvalue weighted by Crippen LogP contribution is 2.37. The van der Waals surface area contributed by atoms with E-state index in [1.165, 1.54) is 0 Å². The van der Waals surface area contributed by atoms with E-state index in [-0.39, 0.29) is 5.79 Å². The van der Waals surface area contributed by atoms with E-state index in [0.717, 1.165) is 56.9 Å². The molecule has 0 N–H and O–H groups in total. The Hall–Kier alpha value is -1.17. The van der Waals surface area contributed by atoms with Gasteiger partial charge in [0.05, 0.1) is 20.3 Å². The summed E-state index contributed by atoms with van der Waals surface area (Å²) in [6, 6.07) is 4.60. The average molecular weight is 292 g/mol. The first-order valence-corrected chi connectivity index (χ1v) is 7.68. The molecule has 5 heteroatoms. The van der Waals surface area contributed by atoms with Crippen molar-refractivity contribution < 1.29 is 14.2 Å². The van der Waals surface area contributed by atoms with E-state index in [0.29, 0.717) is 6.04 Å². The molecule has 3 rings (SSSR count). The fourth-order valence-corrected chi connectivity index (χ4v) is 3.39. The Morgan fingerprint density at radius 2 is 2.05 bits per heavy atom. The second-order valence-electron chi connectivity index (χ2n) is 5.93. The maximum absolute atomic E-state index is 5.79. The van der Waals surface area contributed by atoms with E-state index < -0.39 is 0 Å². The van der Waals surface area contributed by atoms with Crippen LogP contribution in [0.1, 0.15) is 31.2 Å². The normalized spacial score (nSPS) is 22.0. The summed E-state index contributed by atoms with van der Waals surface area (Å²) in [5.74, 6) is 0.447. The zero-order chi connectivity index (χ0) is 14.7. The lowest BCUT2D eigenvalue weighted by atomic mass is 9.89. The molecule has 2 aliphatic rings.